The summed E-state index contributed by atoms with van der Waals surface area (Å²) in [5, 5.41) is 0. The molecule has 0 aromatic heterocycles. The number of rotatable bonds is 7. The van der Waals surface area contributed by atoms with Gasteiger partial charge < -0.3 is 14.2 Å². The van der Waals surface area contributed by atoms with Crippen LogP contribution in [0.3, 0.4) is 0 Å². The molecule has 0 spiro atoms. The molecule has 0 aliphatic heterocycles. The van der Waals surface area contributed by atoms with Crippen LogP contribution in [0.15, 0.2) is 28.7 Å². The van der Waals surface area contributed by atoms with Gasteiger partial charge in [0.1, 0.15) is 16.9 Å². The fraction of sp³-hybridized carbons (Fsp3) is 0.368. The highest BCUT2D eigenvalue weighted by atomic mass is 79.9. The summed E-state index contributed by atoms with van der Waals surface area (Å²) in [6.45, 7) is 4.29. The van der Waals surface area contributed by atoms with E-state index in [-0.39, 0.29) is 23.5 Å². The second kappa shape index (κ2) is 8.85. The van der Waals surface area contributed by atoms with Crippen molar-refractivity contribution < 1.29 is 23.8 Å². The summed E-state index contributed by atoms with van der Waals surface area (Å²) in [4.78, 5) is 25.1. The van der Waals surface area contributed by atoms with Gasteiger partial charge in [0.2, 0.25) is 0 Å². The van der Waals surface area contributed by atoms with Gasteiger partial charge in [-0.2, -0.15) is 0 Å². The number of hydrogen-bond donors (Lipinski definition) is 0. The van der Waals surface area contributed by atoms with Crippen molar-refractivity contribution in [1.29, 1.82) is 0 Å². The zero-order chi connectivity index (χ0) is 18.4. The van der Waals surface area contributed by atoms with E-state index >= 15 is 0 Å². The molecule has 0 aromatic carbocycles. The first-order valence-electron chi connectivity index (χ1n) is 8.18. The van der Waals surface area contributed by atoms with Crippen LogP contribution in [0, 0.1) is 0 Å². The van der Waals surface area contributed by atoms with Crippen molar-refractivity contribution >= 4 is 27.9 Å². The Morgan fingerprint density at radius 1 is 1.04 bits per heavy atom. The number of esters is 2. The Bertz CT molecular complexity index is 741. The van der Waals surface area contributed by atoms with Gasteiger partial charge in [-0.1, -0.05) is 41.4 Å². The van der Waals surface area contributed by atoms with Crippen LogP contribution in [-0.4, -0.2) is 32.3 Å². The Hall–Kier alpha value is -2.08. The van der Waals surface area contributed by atoms with Crippen LogP contribution in [0.25, 0.3) is 11.1 Å². The molecule has 0 radical (unpaired) electrons. The number of carbonyl (C=O) groups is 2. The smallest absolute Gasteiger partial charge is 0.342 e. The number of ether oxygens (including phenoxy) is 3. The Morgan fingerprint density at radius 3 is 2.36 bits per heavy atom. The van der Waals surface area contributed by atoms with Crippen LogP contribution in [0.2, 0.25) is 0 Å². The molecule has 0 atom stereocenters. The average molecular weight is 409 g/mol. The Kier molecular flexibility index (Phi) is 6.82. The lowest BCUT2D eigenvalue weighted by atomic mass is 10.1. The quantitative estimate of drug-likeness (QED) is 0.490. The van der Waals surface area contributed by atoms with Crippen LogP contribution in [0.1, 0.15) is 47.4 Å². The van der Waals surface area contributed by atoms with Crippen molar-refractivity contribution in [2.75, 3.05) is 20.3 Å². The number of halogens is 1. The highest BCUT2D eigenvalue weighted by Crippen LogP contribution is 2.43. The predicted molar refractivity (Wildman–Crippen MR) is 98.5 cm³/mol. The Morgan fingerprint density at radius 2 is 1.72 bits per heavy atom. The van der Waals surface area contributed by atoms with Crippen LogP contribution in [-0.2, 0) is 9.47 Å². The summed E-state index contributed by atoms with van der Waals surface area (Å²) < 4.78 is 16.7. The van der Waals surface area contributed by atoms with E-state index in [0.717, 1.165) is 17.3 Å². The van der Waals surface area contributed by atoms with Crippen LogP contribution < -0.4 is 4.74 Å². The van der Waals surface area contributed by atoms with E-state index in [1.54, 1.807) is 25.1 Å². The standard InChI is InChI=1S/C19H21BrO5/c1-4-6-10-25-19(22)15-13-9-7-8-12(20)11-14(13)16(17(15)23-3)18(21)24-5-2/h7-9,11H,4-6,10H2,1-3H3. The number of methoxy groups -OCH3 is 1. The minimum Gasteiger partial charge on any atom is -0.495 e. The molecule has 0 aromatic rings. The lowest BCUT2D eigenvalue weighted by Gasteiger charge is -2.07. The van der Waals surface area contributed by atoms with Crippen LogP contribution >= 0.6 is 15.9 Å². The molecular formula is C19H21BrO5. The molecule has 2 aliphatic carbocycles. The summed E-state index contributed by atoms with van der Waals surface area (Å²) >= 11 is 3.42. The van der Waals surface area contributed by atoms with Gasteiger partial charge in [-0.25, -0.2) is 9.59 Å². The summed E-state index contributed by atoms with van der Waals surface area (Å²) in [5.41, 5.74) is 1.65. The lowest BCUT2D eigenvalue weighted by molar-refractivity contribution is 0.0497. The molecule has 2 aliphatic rings. The third-order valence-electron chi connectivity index (χ3n) is 3.70. The molecule has 0 amide bonds. The summed E-state index contributed by atoms with van der Waals surface area (Å²) in [6.07, 6.45) is 1.69. The van der Waals surface area contributed by atoms with E-state index < -0.39 is 11.9 Å². The fourth-order valence-electron chi connectivity index (χ4n) is 2.58. The molecule has 0 unspecified atom stereocenters. The molecule has 0 saturated carbocycles. The topological polar surface area (TPSA) is 61.8 Å². The molecule has 6 heteroatoms. The first-order chi connectivity index (χ1) is 12.0. The van der Waals surface area contributed by atoms with Gasteiger partial charge >= 0.3 is 11.9 Å². The van der Waals surface area contributed by atoms with Gasteiger partial charge in [-0.05, 0) is 25.5 Å². The van der Waals surface area contributed by atoms with Gasteiger partial charge in [-0.3, -0.25) is 0 Å². The van der Waals surface area contributed by atoms with Crippen molar-refractivity contribution in [3.63, 3.8) is 0 Å². The van der Waals surface area contributed by atoms with Crippen LogP contribution in [0.4, 0.5) is 0 Å². The van der Waals surface area contributed by atoms with Gasteiger partial charge in [0.05, 0.1) is 20.3 Å². The van der Waals surface area contributed by atoms with Crippen molar-refractivity contribution in [2.45, 2.75) is 26.7 Å². The largest absolute Gasteiger partial charge is 0.495 e. The SMILES string of the molecule is CCCCOC(=O)c1c2cccc(Br)cc-2c(C(=O)OCC)c1OC. The summed E-state index contributed by atoms with van der Waals surface area (Å²) in [6, 6.07) is 7.16. The molecule has 5 nitrogen and oxygen atoms in total. The molecule has 0 N–H and O–H groups in total. The fourth-order valence-corrected chi connectivity index (χ4v) is 2.96. The molecule has 134 valence electrons. The van der Waals surface area contributed by atoms with Gasteiger partial charge in [0.15, 0.2) is 0 Å². The Balaban J connectivity index is 2.64. The van der Waals surface area contributed by atoms with E-state index in [2.05, 4.69) is 15.9 Å². The highest BCUT2D eigenvalue weighted by molar-refractivity contribution is 9.10. The van der Waals surface area contributed by atoms with E-state index in [9.17, 15) is 9.59 Å². The second-order valence-corrected chi connectivity index (χ2v) is 6.29. The first-order valence-corrected chi connectivity index (χ1v) is 8.97. The molecule has 2 rings (SSSR count). The summed E-state index contributed by atoms with van der Waals surface area (Å²) in [7, 11) is 1.43. The van der Waals surface area contributed by atoms with E-state index in [1.165, 1.54) is 7.11 Å². The zero-order valence-electron chi connectivity index (χ0n) is 14.6. The van der Waals surface area contributed by atoms with Gasteiger partial charge in [0, 0.05) is 15.6 Å². The van der Waals surface area contributed by atoms with Gasteiger partial charge in [0.25, 0.3) is 0 Å². The van der Waals surface area contributed by atoms with Crippen molar-refractivity contribution in [3.8, 4) is 16.9 Å². The Labute approximate surface area is 155 Å². The number of unbranched alkanes of at least 4 members (excludes halogenated alkanes) is 1. The molecular weight excluding hydrogens is 388 g/mol. The molecule has 0 saturated heterocycles. The summed E-state index contributed by atoms with van der Waals surface area (Å²) in [5.74, 6) is -0.851. The maximum atomic E-state index is 12.6. The normalized spacial score (nSPS) is 10.6. The minimum atomic E-state index is -0.532. The number of hydrogen-bond acceptors (Lipinski definition) is 5. The molecule has 0 heterocycles. The van der Waals surface area contributed by atoms with E-state index in [0.29, 0.717) is 17.7 Å². The van der Waals surface area contributed by atoms with Crippen molar-refractivity contribution in [3.05, 3.63) is 39.9 Å². The first kappa shape index (κ1) is 19.2. The van der Waals surface area contributed by atoms with E-state index in [4.69, 9.17) is 14.2 Å². The van der Waals surface area contributed by atoms with Crippen LogP contribution in [0.5, 0.6) is 5.75 Å². The van der Waals surface area contributed by atoms with Crippen molar-refractivity contribution in [1.82, 2.24) is 0 Å². The maximum Gasteiger partial charge on any atom is 0.342 e. The second-order valence-electron chi connectivity index (χ2n) is 5.38. The lowest BCUT2D eigenvalue weighted by Crippen LogP contribution is -2.09. The minimum absolute atomic E-state index is 0.188. The van der Waals surface area contributed by atoms with Crippen molar-refractivity contribution in [2.24, 2.45) is 0 Å². The molecule has 25 heavy (non-hydrogen) atoms. The number of carbonyl (C=O) groups excluding carboxylic acids is 2. The zero-order valence-corrected chi connectivity index (χ0v) is 16.1. The predicted octanol–water partition coefficient (Wildman–Crippen LogP) is 4.70. The van der Waals surface area contributed by atoms with Gasteiger partial charge in [-0.15, -0.1) is 0 Å². The third-order valence-corrected chi connectivity index (χ3v) is 4.20. The molecule has 0 fully saturated rings. The number of fused-ring (bicyclic) bond motifs is 1. The maximum absolute atomic E-state index is 12.6. The average Bonchev–Trinajstić information content (AvgIpc) is 2.76. The highest BCUT2D eigenvalue weighted by Gasteiger charge is 2.33. The monoisotopic (exact) mass is 408 g/mol. The third kappa shape index (κ3) is 4.12. The van der Waals surface area contributed by atoms with E-state index in [1.807, 2.05) is 13.0 Å². The molecule has 0 bridgehead atoms.